The Morgan fingerprint density at radius 2 is 1.87 bits per heavy atom. The number of rotatable bonds is 4. The zero-order chi connectivity index (χ0) is 21.4. The summed E-state index contributed by atoms with van der Waals surface area (Å²) in [4.78, 5) is 0. The zero-order valence-corrected chi connectivity index (χ0v) is 16.9. The minimum atomic E-state index is -0.405. The number of fused-ring (bicyclic) bond motifs is 2. The largest absolute Gasteiger partial charge is 0.494 e. The number of ether oxygens (including phenoxy) is 2. The molecule has 0 spiro atoms. The number of nitrogens with two attached hydrogens (primary N) is 1. The Morgan fingerprint density at radius 1 is 1.10 bits per heavy atom. The average Bonchev–Trinajstić information content (AvgIpc) is 3.21. The maximum atomic E-state index is 9.91. The van der Waals surface area contributed by atoms with E-state index >= 15 is 0 Å². The first-order valence-electron chi connectivity index (χ1n) is 10.1. The van der Waals surface area contributed by atoms with Crippen molar-refractivity contribution in [2.75, 3.05) is 6.61 Å². The van der Waals surface area contributed by atoms with Gasteiger partial charge < -0.3 is 15.2 Å². The molecule has 0 amide bonds. The van der Waals surface area contributed by atoms with Crippen LogP contribution < -0.4 is 15.2 Å². The predicted molar refractivity (Wildman–Crippen MR) is 118 cm³/mol. The van der Waals surface area contributed by atoms with Crippen molar-refractivity contribution in [1.82, 2.24) is 10.2 Å². The maximum absolute atomic E-state index is 9.91. The molecule has 2 heterocycles. The van der Waals surface area contributed by atoms with Gasteiger partial charge in [0, 0.05) is 5.56 Å². The molecule has 5 rings (SSSR count). The Balaban J connectivity index is 1.72. The average molecular weight is 408 g/mol. The number of nitrogens with one attached hydrogen (secondary N) is 1. The van der Waals surface area contributed by atoms with Crippen LogP contribution in [0.3, 0.4) is 0 Å². The van der Waals surface area contributed by atoms with Gasteiger partial charge in [0.25, 0.3) is 0 Å². The smallest absolute Gasteiger partial charge is 0.244 e. The number of aromatic nitrogens is 2. The topological polar surface area (TPSA) is 96.9 Å². The van der Waals surface area contributed by atoms with Crippen LogP contribution in [0.25, 0.3) is 22.0 Å². The van der Waals surface area contributed by atoms with Gasteiger partial charge in [0.1, 0.15) is 17.4 Å². The summed E-state index contributed by atoms with van der Waals surface area (Å²) in [7, 11) is 0. The molecule has 1 aliphatic heterocycles. The lowest BCUT2D eigenvalue weighted by Gasteiger charge is -2.24. The molecule has 152 valence electrons. The van der Waals surface area contributed by atoms with Crippen LogP contribution in [-0.2, 0) is 0 Å². The summed E-state index contributed by atoms with van der Waals surface area (Å²) < 4.78 is 11.3. The summed E-state index contributed by atoms with van der Waals surface area (Å²) in [5, 5.41) is 19.6. The van der Waals surface area contributed by atoms with E-state index in [0.717, 1.165) is 38.9 Å². The third kappa shape index (κ3) is 3.08. The highest BCUT2D eigenvalue weighted by molar-refractivity contribution is 5.97. The summed E-state index contributed by atoms with van der Waals surface area (Å²) in [6.45, 7) is 2.53. The molecule has 0 aliphatic carbocycles. The van der Waals surface area contributed by atoms with Crippen LogP contribution >= 0.6 is 0 Å². The SMILES string of the molecule is CCOc1ccc(C2C(C#N)=C(N)Oc3n[nH]c(-c4cccc5ccccc45)c32)cc1. The molecule has 1 atom stereocenters. The van der Waals surface area contributed by atoms with Crippen LogP contribution in [0.15, 0.2) is 78.2 Å². The second-order valence-electron chi connectivity index (χ2n) is 7.27. The van der Waals surface area contributed by atoms with E-state index in [1.165, 1.54) is 0 Å². The van der Waals surface area contributed by atoms with E-state index in [9.17, 15) is 5.26 Å². The highest BCUT2D eigenvalue weighted by Crippen LogP contribution is 2.46. The molecule has 4 aromatic rings. The fourth-order valence-electron chi connectivity index (χ4n) is 4.15. The van der Waals surface area contributed by atoms with Gasteiger partial charge in [-0.1, -0.05) is 54.6 Å². The number of nitrogens with zero attached hydrogens (tertiary/aromatic N) is 2. The minimum absolute atomic E-state index is 0.0739. The zero-order valence-electron chi connectivity index (χ0n) is 16.9. The molecular weight excluding hydrogens is 388 g/mol. The summed E-state index contributed by atoms with van der Waals surface area (Å²) in [5.41, 5.74) is 9.98. The standard InChI is InChI=1S/C25H20N4O2/c1-2-30-17-12-10-16(11-13-17)21-20(14-26)24(27)31-25-22(21)23(28-29-25)19-9-5-7-15-6-3-4-8-18(15)19/h3-13,21H,2,27H2,1H3,(H,28,29). The van der Waals surface area contributed by atoms with Crippen molar-refractivity contribution < 1.29 is 9.47 Å². The fraction of sp³-hybridized carbons (Fsp3) is 0.120. The maximum Gasteiger partial charge on any atom is 0.244 e. The Morgan fingerprint density at radius 3 is 2.65 bits per heavy atom. The lowest BCUT2D eigenvalue weighted by atomic mass is 9.82. The van der Waals surface area contributed by atoms with Gasteiger partial charge in [0.05, 0.1) is 23.8 Å². The molecule has 1 unspecified atom stereocenters. The van der Waals surface area contributed by atoms with Gasteiger partial charge in [-0.15, -0.1) is 5.10 Å². The van der Waals surface area contributed by atoms with Crippen molar-refractivity contribution in [1.29, 1.82) is 5.26 Å². The van der Waals surface area contributed by atoms with Crippen molar-refractivity contribution in [3.8, 4) is 29.0 Å². The molecule has 0 fully saturated rings. The summed E-state index contributed by atoms with van der Waals surface area (Å²) in [6, 6.07) is 24.2. The van der Waals surface area contributed by atoms with E-state index in [-0.39, 0.29) is 5.88 Å². The molecule has 3 aromatic carbocycles. The number of aromatic amines is 1. The van der Waals surface area contributed by atoms with Gasteiger partial charge in [0.15, 0.2) is 0 Å². The minimum Gasteiger partial charge on any atom is -0.494 e. The van der Waals surface area contributed by atoms with Gasteiger partial charge in [-0.25, -0.2) is 0 Å². The third-order valence-electron chi connectivity index (χ3n) is 5.52. The summed E-state index contributed by atoms with van der Waals surface area (Å²) >= 11 is 0. The highest BCUT2D eigenvalue weighted by atomic mass is 16.5. The molecular formula is C25H20N4O2. The lowest BCUT2D eigenvalue weighted by molar-refractivity contribution is 0.340. The number of allylic oxidation sites excluding steroid dienone is 1. The quantitative estimate of drug-likeness (QED) is 0.503. The van der Waals surface area contributed by atoms with Gasteiger partial charge in [-0.3, -0.25) is 5.10 Å². The molecule has 6 nitrogen and oxygen atoms in total. The second kappa shape index (κ2) is 7.54. The Labute approximate surface area is 179 Å². The molecule has 0 radical (unpaired) electrons. The van der Waals surface area contributed by atoms with Crippen molar-refractivity contribution in [3.63, 3.8) is 0 Å². The Bertz CT molecular complexity index is 1340. The van der Waals surface area contributed by atoms with Crippen LogP contribution in [0, 0.1) is 11.3 Å². The number of hydrogen-bond donors (Lipinski definition) is 2. The fourth-order valence-corrected chi connectivity index (χ4v) is 4.15. The molecule has 6 heteroatoms. The van der Waals surface area contributed by atoms with E-state index in [1.807, 2.05) is 55.5 Å². The molecule has 3 N–H and O–H groups in total. The van der Waals surface area contributed by atoms with Crippen molar-refractivity contribution >= 4 is 10.8 Å². The number of H-pyrrole nitrogens is 1. The molecule has 0 saturated carbocycles. The first-order chi connectivity index (χ1) is 15.2. The third-order valence-corrected chi connectivity index (χ3v) is 5.52. The van der Waals surface area contributed by atoms with Crippen molar-refractivity contribution in [2.24, 2.45) is 5.73 Å². The van der Waals surface area contributed by atoms with Crippen LogP contribution in [0.2, 0.25) is 0 Å². The van der Waals surface area contributed by atoms with Crippen LogP contribution in [0.5, 0.6) is 11.6 Å². The summed E-state index contributed by atoms with van der Waals surface area (Å²) in [6.07, 6.45) is 0. The highest BCUT2D eigenvalue weighted by Gasteiger charge is 2.35. The van der Waals surface area contributed by atoms with E-state index < -0.39 is 5.92 Å². The van der Waals surface area contributed by atoms with Gasteiger partial charge in [-0.2, -0.15) is 5.26 Å². The van der Waals surface area contributed by atoms with Crippen LogP contribution in [-0.4, -0.2) is 16.8 Å². The van der Waals surface area contributed by atoms with Crippen LogP contribution in [0.1, 0.15) is 24.0 Å². The lowest BCUT2D eigenvalue weighted by Crippen LogP contribution is -2.21. The molecule has 0 saturated heterocycles. The van der Waals surface area contributed by atoms with Crippen molar-refractivity contribution in [3.05, 3.63) is 89.3 Å². The summed E-state index contributed by atoms with van der Waals surface area (Å²) in [5.74, 6) is 0.829. The van der Waals surface area contributed by atoms with E-state index in [4.69, 9.17) is 15.2 Å². The number of benzene rings is 3. The predicted octanol–water partition coefficient (Wildman–Crippen LogP) is 4.85. The van der Waals surface area contributed by atoms with E-state index in [2.05, 4.69) is 34.5 Å². The molecule has 1 aromatic heterocycles. The number of nitriles is 1. The Hall–Kier alpha value is -4.24. The first kappa shape index (κ1) is 18.8. The van der Waals surface area contributed by atoms with Crippen LogP contribution in [0.4, 0.5) is 0 Å². The van der Waals surface area contributed by atoms with E-state index in [0.29, 0.717) is 18.1 Å². The molecule has 1 aliphatic rings. The van der Waals surface area contributed by atoms with Gasteiger partial charge >= 0.3 is 0 Å². The monoisotopic (exact) mass is 408 g/mol. The van der Waals surface area contributed by atoms with E-state index in [1.54, 1.807) is 0 Å². The van der Waals surface area contributed by atoms with Gasteiger partial charge in [0.2, 0.25) is 11.8 Å². The number of hydrogen-bond acceptors (Lipinski definition) is 5. The van der Waals surface area contributed by atoms with Gasteiger partial charge in [-0.05, 0) is 35.4 Å². The Kier molecular flexibility index (Phi) is 4.57. The molecule has 0 bridgehead atoms. The normalized spacial score (nSPS) is 15.3. The molecule has 31 heavy (non-hydrogen) atoms. The van der Waals surface area contributed by atoms with Crippen molar-refractivity contribution in [2.45, 2.75) is 12.8 Å². The first-order valence-corrected chi connectivity index (χ1v) is 10.1. The second-order valence-corrected chi connectivity index (χ2v) is 7.27.